The standard InChI is InChI=1S/C24H34/c1-2-3-4-5-6-7-8-9-10-11-12-13-17-22-19-16-20-23-18-14-15-21-24(22)23/h4-5,14-16,18-21H,2-3,6-13,17H2,1H3/b5-4+. The fourth-order valence-electron chi connectivity index (χ4n) is 3.37. The van der Waals surface area contributed by atoms with Crippen molar-refractivity contribution in [3.63, 3.8) is 0 Å². The molecule has 0 aromatic heterocycles. The summed E-state index contributed by atoms with van der Waals surface area (Å²) in [5, 5.41) is 2.82. The maximum Gasteiger partial charge on any atom is -0.0152 e. The van der Waals surface area contributed by atoms with Gasteiger partial charge in [0.25, 0.3) is 0 Å². The molecule has 0 heterocycles. The van der Waals surface area contributed by atoms with E-state index in [0.29, 0.717) is 0 Å². The first-order chi connectivity index (χ1) is 11.9. The number of rotatable bonds is 12. The maximum atomic E-state index is 2.37. The van der Waals surface area contributed by atoms with Crippen molar-refractivity contribution < 1.29 is 0 Å². The zero-order valence-corrected chi connectivity index (χ0v) is 15.5. The molecule has 0 bridgehead atoms. The second-order valence-corrected chi connectivity index (χ2v) is 6.91. The second-order valence-electron chi connectivity index (χ2n) is 6.91. The minimum absolute atomic E-state index is 1.23. The van der Waals surface area contributed by atoms with E-state index in [0.717, 1.165) is 0 Å². The lowest BCUT2D eigenvalue weighted by Crippen LogP contribution is -1.88. The summed E-state index contributed by atoms with van der Waals surface area (Å²) < 4.78 is 0. The number of benzene rings is 2. The number of hydrogen-bond donors (Lipinski definition) is 0. The van der Waals surface area contributed by atoms with Crippen LogP contribution in [0.2, 0.25) is 0 Å². The van der Waals surface area contributed by atoms with Crippen LogP contribution in [0.25, 0.3) is 10.8 Å². The summed E-state index contributed by atoms with van der Waals surface area (Å²) >= 11 is 0. The molecule has 0 fully saturated rings. The topological polar surface area (TPSA) is 0 Å². The Balaban J connectivity index is 1.52. The highest BCUT2D eigenvalue weighted by Crippen LogP contribution is 2.20. The molecule has 0 heteroatoms. The molecular weight excluding hydrogens is 288 g/mol. The van der Waals surface area contributed by atoms with Crippen LogP contribution in [0.15, 0.2) is 54.6 Å². The molecule has 0 saturated heterocycles. The summed E-state index contributed by atoms with van der Waals surface area (Å²) in [6.07, 6.45) is 19.4. The van der Waals surface area contributed by atoms with Gasteiger partial charge in [-0.2, -0.15) is 0 Å². The molecule has 0 aliphatic rings. The lowest BCUT2D eigenvalue weighted by Gasteiger charge is -2.06. The van der Waals surface area contributed by atoms with Crippen LogP contribution in [0.5, 0.6) is 0 Å². The largest absolute Gasteiger partial charge is 0.0885 e. The zero-order chi connectivity index (χ0) is 16.9. The van der Waals surface area contributed by atoms with Crippen molar-refractivity contribution in [3.05, 3.63) is 60.2 Å². The molecule has 0 saturated carbocycles. The van der Waals surface area contributed by atoms with Gasteiger partial charge in [-0.25, -0.2) is 0 Å². The average molecular weight is 323 g/mol. The molecular formula is C24H34. The van der Waals surface area contributed by atoms with Crippen LogP contribution < -0.4 is 0 Å². The Hall–Kier alpha value is -1.56. The Morgan fingerprint density at radius 1 is 0.667 bits per heavy atom. The zero-order valence-electron chi connectivity index (χ0n) is 15.5. The van der Waals surface area contributed by atoms with Gasteiger partial charge in [-0.3, -0.25) is 0 Å². The fourth-order valence-corrected chi connectivity index (χ4v) is 3.37. The molecule has 0 spiro atoms. The lowest BCUT2D eigenvalue weighted by atomic mass is 9.99. The van der Waals surface area contributed by atoms with Crippen molar-refractivity contribution >= 4 is 10.8 Å². The van der Waals surface area contributed by atoms with Crippen molar-refractivity contribution in [2.45, 2.75) is 77.6 Å². The van der Waals surface area contributed by atoms with Gasteiger partial charge in [-0.05, 0) is 48.4 Å². The molecule has 2 aromatic carbocycles. The monoisotopic (exact) mass is 322 g/mol. The number of hydrogen-bond acceptors (Lipinski definition) is 0. The Bertz CT molecular complexity index is 589. The first kappa shape index (κ1) is 18.8. The van der Waals surface area contributed by atoms with Gasteiger partial charge in [0.2, 0.25) is 0 Å². The van der Waals surface area contributed by atoms with Gasteiger partial charge in [0.1, 0.15) is 0 Å². The Morgan fingerprint density at radius 3 is 2.17 bits per heavy atom. The fraction of sp³-hybridized carbons (Fsp3) is 0.500. The third-order valence-corrected chi connectivity index (χ3v) is 4.82. The van der Waals surface area contributed by atoms with E-state index in [1.807, 2.05) is 0 Å². The molecule has 130 valence electrons. The molecule has 0 aliphatic heterocycles. The van der Waals surface area contributed by atoms with Gasteiger partial charge in [0, 0.05) is 0 Å². The van der Waals surface area contributed by atoms with Gasteiger partial charge in [0.05, 0.1) is 0 Å². The molecule has 0 N–H and O–H groups in total. The Morgan fingerprint density at radius 2 is 1.33 bits per heavy atom. The van der Waals surface area contributed by atoms with Crippen LogP contribution in [0.3, 0.4) is 0 Å². The van der Waals surface area contributed by atoms with Crippen LogP contribution in [0.4, 0.5) is 0 Å². The van der Waals surface area contributed by atoms with Gasteiger partial charge >= 0.3 is 0 Å². The number of unbranched alkanes of at least 4 members (excludes halogenated alkanes) is 8. The Labute approximate surface area is 149 Å². The van der Waals surface area contributed by atoms with E-state index < -0.39 is 0 Å². The smallest absolute Gasteiger partial charge is 0.0152 e. The summed E-state index contributed by atoms with van der Waals surface area (Å²) in [5.41, 5.74) is 1.52. The summed E-state index contributed by atoms with van der Waals surface area (Å²) in [4.78, 5) is 0. The van der Waals surface area contributed by atoms with E-state index in [-0.39, 0.29) is 0 Å². The number of allylic oxidation sites excluding steroid dienone is 2. The summed E-state index contributed by atoms with van der Waals surface area (Å²) in [6.45, 7) is 2.24. The number of fused-ring (bicyclic) bond motifs is 1. The van der Waals surface area contributed by atoms with E-state index in [2.05, 4.69) is 61.5 Å². The van der Waals surface area contributed by atoms with E-state index in [1.54, 1.807) is 0 Å². The first-order valence-electron chi connectivity index (χ1n) is 10.0. The highest BCUT2D eigenvalue weighted by molar-refractivity contribution is 5.85. The highest BCUT2D eigenvalue weighted by atomic mass is 14.0. The summed E-state index contributed by atoms with van der Waals surface area (Å²) in [7, 11) is 0. The van der Waals surface area contributed by atoms with E-state index in [9.17, 15) is 0 Å². The summed E-state index contributed by atoms with van der Waals surface area (Å²) in [5.74, 6) is 0. The predicted molar refractivity (Wildman–Crippen MR) is 109 cm³/mol. The van der Waals surface area contributed by atoms with E-state index >= 15 is 0 Å². The second kappa shape index (κ2) is 11.9. The third kappa shape index (κ3) is 6.91. The van der Waals surface area contributed by atoms with Gasteiger partial charge in [-0.1, -0.05) is 100 Å². The lowest BCUT2D eigenvalue weighted by molar-refractivity contribution is 0.581. The third-order valence-electron chi connectivity index (χ3n) is 4.82. The SMILES string of the molecule is CCC/C=C/CCCCCCCCCc1cccc2ccccc12. The molecule has 24 heavy (non-hydrogen) atoms. The van der Waals surface area contributed by atoms with Crippen LogP contribution in [-0.2, 0) is 6.42 Å². The van der Waals surface area contributed by atoms with E-state index in [1.165, 1.54) is 87.0 Å². The summed E-state index contributed by atoms with van der Waals surface area (Å²) in [6, 6.07) is 15.5. The van der Waals surface area contributed by atoms with Crippen LogP contribution in [0, 0.1) is 0 Å². The van der Waals surface area contributed by atoms with Crippen molar-refractivity contribution in [2.75, 3.05) is 0 Å². The molecule has 0 amide bonds. The molecule has 2 rings (SSSR count). The van der Waals surface area contributed by atoms with Crippen LogP contribution in [0.1, 0.15) is 76.7 Å². The first-order valence-corrected chi connectivity index (χ1v) is 10.0. The normalized spacial score (nSPS) is 11.5. The maximum absolute atomic E-state index is 2.37. The van der Waals surface area contributed by atoms with Crippen molar-refractivity contribution in [1.82, 2.24) is 0 Å². The number of aryl methyl sites for hydroxylation is 1. The van der Waals surface area contributed by atoms with Gasteiger partial charge < -0.3 is 0 Å². The molecule has 2 aromatic rings. The van der Waals surface area contributed by atoms with E-state index in [4.69, 9.17) is 0 Å². The predicted octanol–water partition coefficient (Wildman–Crippen LogP) is 7.86. The minimum atomic E-state index is 1.23. The Kier molecular flexibility index (Phi) is 9.31. The van der Waals surface area contributed by atoms with Gasteiger partial charge in [-0.15, -0.1) is 0 Å². The molecule has 0 aliphatic carbocycles. The molecule has 0 nitrogen and oxygen atoms in total. The molecule has 0 unspecified atom stereocenters. The van der Waals surface area contributed by atoms with Crippen molar-refractivity contribution in [2.24, 2.45) is 0 Å². The van der Waals surface area contributed by atoms with Gasteiger partial charge in [0.15, 0.2) is 0 Å². The minimum Gasteiger partial charge on any atom is -0.0885 e. The highest BCUT2D eigenvalue weighted by Gasteiger charge is 2.00. The molecule has 0 atom stereocenters. The average Bonchev–Trinajstić information content (AvgIpc) is 2.63. The quantitative estimate of drug-likeness (QED) is 0.275. The molecule has 0 radical (unpaired) electrons. The van der Waals surface area contributed by atoms with Crippen LogP contribution >= 0.6 is 0 Å². The van der Waals surface area contributed by atoms with Crippen molar-refractivity contribution in [3.8, 4) is 0 Å². The van der Waals surface area contributed by atoms with Crippen molar-refractivity contribution in [1.29, 1.82) is 0 Å². The van der Waals surface area contributed by atoms with Crippen LogP contribution in [-0.4, -0.2) is 0 Å².